The molecule has 4 N–H and O–H groups in total. The van der Waals surface area contributed by atoms with Gasteiger partial charge in [-0.2, -0.15) is 0 Å². The van der Waals surface area contributed by atoms with Gasteiger partial charge >= 0.3 is 0 Å². The summed E-state index contributed by atoms with van der Waals surface area (Å²) < 4.78 is 0. The molecule has 0 heterocycles. The molecule has 0 saturated heterocycles. The molecule has 92 valence electrons. The second kappa shape index (κ2) is 6.97. The van der Waals surface area contributed by atoms with Crippen LogP contribution in [0.1, 0.15) is 31.4 Å². The molecule has 3 nitrogen and oxygen atoms in total. The van der Waals surface area contributed by atoms with Crippen LogP contribution >= 0.6 is 24.0 Å². The lowest BCUT2D eigenvalue weighted by molar-refractivity contribution is 0.134. The Bertz CT molecular complexity index is 334. The van der Waals surface area contributed by atoms with Crippen molar-refractivity contribution in [2.24, 2.45) is 5.73 Å². The largest absolute Gasteiger partial charge is 0.506 e. The second-order valence-electron chi connectivity index (χ2n) is 3.59. The zero-order valence-corrected chi connectivity index (χ0v) is 10.6. The van der Waals surface area contributed by atoms with Crippen molar-refractivity contribution in [3.05, 3.63) is 28.8 Å². The molecule has 2 atom stereocenters. The van der Waals surface area contributed by atoms with Crippen molar-refractivity contribution in [2.75, 3.05) is 0 Å². The lowest BCUT2D eigenvalue weighted by atomic mass is 9.99. The quantitative estimate of drug-likeness (QED) is 0.784. The predicted octanol–water partition coefficient (Wildman–Crippen LogP) is 2.63. The van der Waals surface area contributed by atoms with Gasteiger partial charge in [0.15, 0.2) is 0 Å². The number of aromatic hydroxyl groups is 1. The van der Waals surface area contributed by atoms with Crippen molar-refractivity contribution in [3.63, 3.8) is 0 Å². The van der Waals surface area contributed by atoms with Crippen LogP contribution in [-0.2, 0) is 0 Å². The van der Waals surface area contributed by atoms with Gasteiger partial charge in [0.2, 0.25) is 0 Å². The summed E-state index contributed by atoms with van der Waals surface area (Å²) in [5, 5.41) is 19.2. The minimum atomic E-state index is -0.574. The Kier molecular flexibility index (Phi) is 6.76. The first-order valence-corrected chi connectivity index (χ1v) is 5.36. The van der Waals surface area contributed by atoms with E-state index in [0.717, 1.165) is 12.0 Å². The van der Waals surface area contributed by atoms with Gasteiger partial charge in [-0.1, -0.05) is 31.0 Å². The molecule has 1 aromatic rings. The van der Waals surface area contributed by atoms with Crippen molar-refractivity contribution >= 4 is 24.0 Å². The lowest BCUT2D eigenvalue weighted by Gasteiger charge is -2.18. The summed E-state index contributed by atoms with van der Waals surface area (Å²) in [6, 6.07) is 4.28. The molecule has 0 amide bonds. The number of benzene rings is 1. The summed E-state index contributed by atoms with van der Waals surface area (Å²) in [6.45, 7) is 1.99. The van der Waals surface area contributed by atoms with Crippen LogP contribution in [0.2, 0.25) is 5.02 Å². The summed E-state index contributed by atoms with van der Waals surface area (Å²) in [7, 11) is 0. The van der Waals surface area contributed by atoms with Crippen molar-refractivity contribution < 1.29 is 10.2 Å². The molecule has 0 spiro atoms. The maximum Gasteiger partial charge on any atom is 0.134 e. The lowest BCUT2D eigenvalue weighted by Crippen LogP contribution is -2.25. The summed E-state index contributed by atoms with van der Waals surface area (Å²) >= 11 is 5.75. The number of phenols is 1. The first-order chi connectivity index (χ1) is 7.06. The summed E-state index contributed by atoms with van der Waals surface area (Å²) in [4.78, 5) is 0. The number of halogens is 2. The Balaban J connectivity index is 0.00000225. The van der Waals surface area contributed by atoms with E-state index in [1.165, 1.54) is 6.07 Å². The van der Waals surface area contributed by atoms with Crippen LogP contribution in [0, 0.1) is 0 Å². The molecule has 5 heteroatoms. The van der Waals surface area contributed by atoms with E-state index in [2.05, 4.69) is 0 Å². The molecule has 0 bridgehead atoms. The fourth-order valence-corrected chi connectivity index (χ4v) is 1.62. The van der Waals surface area contributed by atoms with Crippen LogP contribution in [0.5, 0.6) is 5.75 Å². The first kappa shape index (κ1) is 15.5. The molecule has 0 aliphatic heterocycles. The van der Waals surface area contributed by atoms with E-state index in [0.29, 0.717) is 6.42 Å². The number of nitrogens with two attached hydrogens (primary N) is 1. The van der Waals surface area contributed by atoms with Gasteiger partial charge in [-0.25, -0.2) is 0 Å². The number of hydrogen-bond acceptors (Lipinski definition) is 3. The third kappa shape index (κ3) is 3.83. The average Bonchev–Trinajstić information content (AvgIpc) is 2.21. The highest BCUT2D eigenvalue weighted by molar-refractivity contribution is 6.32. The number of phenolic OH excluding ortho intramolecular Hbond substituents is 1. The van der Waals surface area contributed by atoms with Crippen LogP contribution in [-0.4, -0.2) is 16.3 Å². The van der Waals surface area contributed by atoms with E-state index in [9.17, 15) is 10.2 Å². The minimum Gasteiger partial charge on any atom is -0.506 e. The van der Waals surface area contributed by atoms with Crippen LogP contribution in [0.15, 0.2) is 18.2 Å². The highest BCUT2D eigenvalue weighted by Crippen LogP contribution is 2.27. The monoisotopic (exact) mass is 265 g/mol. The maximum atomic E-state index is 9.70. The van der Waals surface area contributed by atoms with Gasteiger partial charge in [-0.05, 0) is 24.1 Å². The Hall–Kier alpha value is -0.480. The third-order valence-electron chi connectivity index (χ3n) is 2.36. The van der Waals surface area contributed by atoms with Crippen molar-refractivity contribution in [3.8, 4) is 5.75 Å². The zero-order valence-electron chi connectivity index (χ0n) is 9.06. The highest BCUT2D eigenvalue weighted by atomic mass is 35.5. The molecule has 0 aliphatic rings. The molecular formula is C11H17Cl2NO2. The van der Waals surface area contributed by atoms with Crippen LogP contribution in [0.25, 0.3) is 0 Å². The summed E-state index contributed by atoms with van der Waals surface area (Å²) in [6.07, 6.45) is 0.955. The Morgan fingerprint density at radius 3 is 2.56 bits per heavy atom. The van der Waals surface area contributed by atoms with Gasteiger partial charge in [0.05, 0.1) is 17.2 Å². The molecular weight excluding hydrogens is 249 g/mol. The van der Waals surface area contributed by atoms with Crippen LogP contribution in [0.3, 0.4) is 0 Å². The smallest absolute Gasteiger partial charge is 0.134 e. The van der Waals surface area contributed by atoms with Gasteiger partial charge in [-0.15, -0.1) is 12.4 Å². The molecule has 0 aliphatic carbocycles. The summed E-state index contributed by atoms with van der Waals surface area (Å²) in [5.41, 5.74) is 6.59. The number of rotatable bonds is 4. The fraction of sp³-hybridized carbons (Fsp3) is 0.455. The average molecular weight is 266 g/mol. The minimum absolute atomic E-state index is 0. The van der Waals surface area contributed by atoms with E-state index < -0.39 is 12.1 Å². The topological polar surface area (TPSA) is 66.5 Å². The van der Waals surface area contributed by atoms with E-state index in [1.54, 1.807) is 12.1 Å². The van der Waals surface area contributed by atoms with Gasteiger partial charge in [0.25, 0.3) is 0 Å². The third-order valence-corrected chi connectivity index (χ3v) is 2.66. The highest BCUT2D eigenvalue weighted by Gasteiger charge is 2.16. The number of aliphatic hydroxyl groups is 1. The normalized spacial score (nSPS) is 14.0. The zero-order chi connectivity index (χ0) is 11.4. The Labute approximate surface area is 107 Å². The van der Waals surface area contributed by atoms with Gasteiger partial charge in [0.1, 0.15) is 5.75 Å². The van der Waals surface area contributed by atoms with Crippen molar-refractivity contribution in [1.29, 1.82) is 0 Å². The number of hydrogen-bond donors (Lipinski definition) is 3. The van der Waals surface area contributed by atoms with Gasteiger partial charge in [0, 0.05) is 0 Å². The molecule has 1 aromatic carbocycles. The van der Waals surface area contributed by atoms with E-state index >= 15 is 0 Å². The fourth-order valence-electron chi connectivity index (χ4n) is 1.43. The van der Waals surface area contributed by atoms with E-state index in [4.69, 9.17) is 17.3 Å². The molecule has 0 radical (unpaired) electrons. The molecule has 0 aromatic heterocycles. The molecule has 0 unspecified atom stereocenters. The maximum absolute atomic E-state index is 9.70. The Morgan fingerprint density at radius 2 is 2.06 bits per heavy atom. The predicted molar refractivity (Wildman–Crippen MR) is 68.2 cm³/mol. The molecule has 0 saturated carbocycles. The van der Waals surface area contributed by atoms with Gasteiger partial charge in [-0.3, -0.25) is 0 Å². The second-order valence-corrected chi connectivity index (χ2v) is 4.00. The molecule has 16 heavy (non-hydrogen) atoms. The molecule has 0 fully saturated rings. The van der Waals surface area contributed by atoms with Crippen LogP contribution < -0.4 is 5.73 Å². The van der Waals surface area contributed by atoms with Crippen molar-refractivity contribution in [1.82, 2.24) is 0 Å². The summed E-state index contributed by atoms with van der Waals surface area (Å²) in [5.74, 6) is 0.0256. The number of aliphatic hydroxyl groups excluding tert-OH is 1. The standard InChI is InChI=1S/C11H16ClNO2.ClH/c1-2-3-10(15)11(13)7-4-5-9(14)8(12)6-7;/h4-6,10-11,14-15H,2-3,13H2,1H3;1H/t10-,11+;/m0./s1. The van der Waals surface area contributed by atoms with E-state index in [-0.39, 0.29) is 23.2 Å². The first-order valence-electron chi connectivity index (χ1n) is 4.98. The Morgan fingerprint density at radius 1 is 1.44 bits per heavy atom. The van der Waals surface area contributed by atoms with Crippen LogP contribution in [0.4, 0.5) is 0 Å². The van der Waals surface area contributed by atoms with Gasteiger partial charge < -0.3 is 15.9 Å². The molecule has 1 rings (SSSR count). The SMILES string of the molecule is CCC[C@H](O)[C@H](N)c1ccc(O)c(Cl)c1.Cl. The van der Waals surface area contributed by atoms with E-state index in [1.807, 2.05) is 6.92 Å². The van der Waals surface area contributed by atoms with Crippen molar-refractivity contribution in [2.45, 2.75) is 31.9 Å².